The van der Waals surface area contributed by atoms with Crippen molar-refractivity contribution in [3.05, 3.63) is 71.6 Å². The molecule has 0 aliphatic heterocycles. The van der Waals surface area contributed by atoms with E-state index in [1.54, 1.807) is 30.5 Å². The minimum atomic E-state index is -4.53. The van der Waals surface area contributed by atoms with E-state index in [0.29, 0.717) is 22.5 Å². The molecule has 0 spiro atoms. The van der Waals surface area contributed by atoms with Crippen molar-refractivity contribution >= 4 is 34.5 Å². The molecule has 4 rings (SSSR count). The number of nitrogen functional groups attached to an aromatic ring is 1. The molecule has 33 heavy (non-hydrogen) atoms. The van der Waals surface area contributed by atoms with Gasteiger partial charge >= 0.3 is 6.18 Å². The van der Waals surface area contributed by atoms with E-state index >= 15 is 0 Å². The Hall–Kier alpha value is -4.21. The summed E-state index contributed by atoms with van der Waals surface area (Å²) in [6.45, 7) is 2.03. The number of nitrogens with zero attached hydrogens (tertiary/aromatic N) is 3. The maximum Gasteiger partial charge on any atom is 0.416 e. The second-order valence-corrected chi connectivity index (χ2v) is 7.19. The molecule has 1 aromatic carbocycles. The van der Waals surface area contributed by atoms with Crippen LogP contribution in [0.5, 0.6) is 0 Å². The fraction of sp³-hybridized carbons (Fsp3) is 0.130. The number of halogens is 3. The number of pyridine rings is 2. The first kappa shape index (κ1) is 22.0. The Labute approximate surface area is 186 Å². The van der Waals surface area contributed by atoms with Crippen molar-refractivity contribution in [1.29, 1.82) is 0 Å². The zero-order valence-electron chi connectivity index (χ0n) is 17.4. The Morgan fingerprint density at radius 2 is 1.94 bits per heavy atom. The van der Waals surface area contributed by atoms with E-state index in [4.69, 9.17) is 5.73 Å². The number of carbonyl (C=O) groups is 1. The van der Waals surface area contributed by atoms with E-state index in [2.05, 4.69) is 25.5 Å². The maximum absolute atomic E-state index is 12.9. The second kappa shape index (κ2) is 8.73. The molecule has 0 saturated carbocycles. The van der Waals surface area contributed by atoms with Gasteiger partial charge in [0.25, 0.3) is 5.91 Å². The number of aromatic nitrogens is 4. The summed E-state index contributed by atoms with van der Waals surface area (Å²) in [5.41, 5.74) is 8.32. The van der Waals surface area contributed by atoms with E-state index in [-0.39, 0.29) is 11.4 Å². The summed E-state index contributed by atoms with van der Waals surface area (Å²) in [7, 11) is 0. The van der Waals surface area contributed by atoms with Crippen molar-refractivity contribution in [1.82, 2.24) is 20.2 Å². The monoisotopic (exact) mass is 452 g/mol. The van der Waals surface area contributed by atoms with E-state index in [9.17, 15) is 18.0 Å². The summed E-state index contributed by atoms with van der Waals surface area (Å²) in [6, 6.07) is 8.06. The third kappa shape index (κ3) is 4.54. The number of allylic oxidation sites excluding steroid dienone is 1. The molecular weight excluding hydrogens is 433 g/mol. The minimum absolute atomic E-state index is 0.191. The van der Waals surface area contributed by atoms with Crippen LogP contribution >= 0.6 is 0 Å². The first-order chi connectivity index (χ1) is 15.8. The van der Waals surface area contributed by atoms with Crippen LogP contribution in [-0.2, 0) is 6.18 Å². The second-order valence-electron chi connectivity index (χ2n) is 7.19. The number of aromatic amines is 1. The fourth-order valence-corrected chi connectivity index (χ4v) is 3.29. The van der Waals surface area contributed by atoms with Gasteiger partial charge in [-0.25, -0.2) is 9.97 Å². The molecule has 0 atom stereocenters. The molecular formula is C23H19F3N6O. The van der Waals surface area contributed by atoms with Gasteiger partial charge in [0.2, 0.25) is 0 Å². The van der Waals surface area contributed by atoms with Gasteiger partial charge < -0.3 is 11.1 Å². The van der Waals surface area contributed by atoms with Crippen molar-refractivity contribution < 1.29 is 18.0 Å². The lowest BCUT2D eigenvalue weighted by Gasteiger charge is -2.09. The third-order valence-electron chi connectivity index (χ3n) is 4.94. The number of nitrogens with two attached hydrogens (primary N) is 1. The summed E-state index contributed by atoms with van der Waals surface area (Å²) in [4.78, 5) is 20.5. The Morgan fingerprint density at radius 1 is 1.18 bits per heavy atom. The van der Waals surface area contributed by atoms with Crippen LogP contribution in [-0.4, -0.2) is 26.1 Å². The van der Waals surface area contributed by atoms with Gasteiger partial charge in [-0.3, -0.25) is 9.89 Å². The molecule has 0 aliphatic rings. The lowest BCUT2D eigenvalue weighted by molar-refractivity contribution is -0.137. The number of fused-ring (bicyclic) bond motifs is 1. The topological polar surface area (TPSA) is 110 Å². The number of carbonyl (C=O) groups excluding carboxylic acids is 1. The molecule has 4 aromatic rings. The van der Waals surface area contributed by atoms with Gasteiger partial charge in [0.05, 0.1) is 16.5 Å². The van der Waals surface area contributed by atoms with Gasteiger partial charge in [-0.1, -0.05) is 31.2 Å². The molecule has 3 aromatic heterocycles. The number of H-pyrrole nitrogens is 1. The SMILES string of the molecule is CC/C=C/c1cnc(N)c2c(-c3ccc(C(=O)Nc4cc(C(F)(F)F)ccn4)cc3)n[nH]c12. The summed E-state index contributed by atoms with van der Waals surface area (Å²) in [6.07, 6.45) is 2.94. The predicted molar refractivity (Wildman–Crippen MR) is 120 cm³/mol. The molecule has 0 unspecified atom stereocenters. The number of alkyl halides is 3. The highest BCUT2D eigenvalue weighted by molar-refractivity contribution is 6.05. The van der Waals surface area contributed by atoms with E-state index < -0.39 is 17.6 Å². The molecule has 4 N–H and O–H groups in total. The highest BCUT2D eigenvalue weighted by Crippen LogP contribution is 2.32. The third-order valence-corrected chi connectivity index (χ3v) is 4.94. The van der Waals surface area contributed by atoms with E-state index in [1.165, 1.54) is 0 Å². The van der Waals surface area contributed by atoms with Gasteiger partial charge in [-0.05, 0) is 30.7 Å². The normalized spacial score (nSPS) is 11.9. The minimum Gasteiger partial charge on any atom is -0.383 e. The van der Waals surface area contributed by atoms with Crippen LogP contribution in [0.25, 0.3) is 28.2 Å². The Kier molecular flexibility index (Phi) is 5.82. The smallest absolute Gasteiger partial charge is 0.383 e. The molecule has 7 nitrogen and oxygen atoms in total. The van der Waals surface area contributed by atoms with Gasteiger partial charge in [-0.15, -0.1) is 0 Å². The zero-order chi connectivity index (χ0) is 23.6. The number of anilines is 2. The van der Waals surface area contributed by atoms with Crippen molar-refractivity contribution in [3.8, 4) is 11.3 Å². The lowest BCUT2D eigenvalue weighted by Crippen LogP contribution is -2.14. The summed E-state index contributed by atoms with van der Waals surface area (Å²) in [5.74, 6) is -0.461. The van der Waals surface area contributed by atoms with Crippen LogP contribution in [0, 0.1) is 0 Å². The Bertz CT molecular complexity index is 1340. The average Bonchev–Trinajstić information content (AvgIpc) is 3.25. The summed E-state index contributed by atoms with van der Waals surface area (Å²) >= 11 is 0. The van der Waals surface area contributed by atoms with Gasteiger partial charge in [0, 0.05) is 29.1 Å². The van der Waals surface area contributed by atoms with Crippen LogP contribution in [0.3, 0.4) is 0 Å². The molecule has 0 saturated heterocycles. The molecule has 0 aliphatic carbocycles. The summed E-state index contributed by atoms with van der Waals surface area (Å²) in [5, 5.41) is 10.4. The van der Waals surface area contributed by atoms with Crippen molar-refractivity contribution in [3.63, 3.8) is 0 Å². The Balaban J connectivity index is 1.60. The number of nitrogens with one attached hydrogen (secondary N) is 2. The van der Waals surface area contributed by atoms with Gasteiger partial charge in [0.15, 0.2) is 0 Å². The molecule has 0 bridgehead atoms. The molecule has 168 valence electrons. The first-order valence-electron chi connectivity index (χ1n) is 10.0. The molecule has 10 heteroatoms. The van der Waals surface area contributed by atoms with Crippen LogP contribution in [0.2, 0.25) is 0 Å². The van der Waals surface area contributed by atoms with Crippen molar-refractivity contribution in [2.24, 2.45) is 0 Å². The standard InChI is InChI=1S/C23H19F3N6O/c1-2-3-4-15-12-29-21(27)18-19(31-32-20(15)18)13-5-7-14(8-6-13)22(33)30-17-11-16(9-10-28-17)23(24,25)26/h3-12H,2H2,1H3,(H2,27,29)(H,31,32)(H,28,30,33)/b4-3+. The first-order valence-corrected chi connectivity index (χ1v) is 10.0. The van der Waals surface area contributed by atoms with Crippen LogP contribution in [0.1, 0.15) is 34.8 Å². The highest BCUT2D eigenvalue weighted by atomic mass is 19.4. The maximum atomic E-state index is 12.9. The van der Waals surface area contributed by atoms with Gasteiger partial charge in [0.1, 0.15) is 17.3 Å². The fourth-order valence-electron chi connectivity index (χ4n) is 3.29. The van der Waals surface area contributed by atoms with Crippen LogP contribution < -0.4 is 11.1 Å². The number of amides is 1. The molecule has 0 radical (unpaired) electrons. The van der Waals surface area contributed by atoms with Crippen LogP contribution in [0.4, 0.5) is 24.8 Å². The molecule has 3 heterocycles. The highest BCUT2D eigenvalue weighted by Gasteiger charge is 2.30. The van der Waals surface area contributed by atoms with Crippen LogP contribution in [0.15, 0.2) is 54.9 Å². The predicted octanol–water partition coefficient (Wildman–Crippen LogP) is 5.30. The Morgan fingerprint density at radius 3 is 2.64 bits per heavy atom. The average molecular weight is 452 g/mol. The number of hydrogen-bond donors (Lipinski definition) is 3. The lowest BCUT2D eigenvalue weighted by atomic mass is 10.0. The van der Waals surface area contributed by atoms with E-state index in [0.717, 1.165) is 35.8 Å². The number of rotatable bonds is 5. The zero-order valence-corrected chi connectivity index (χ0v) is 17.4. The van der Waals surface area contributed by atoms with E-state index in [1.807, 2.05) is 19.1 Å². The molecule has 0 fully saturated rings. The number of hydrogen-bond acceptors (Lipinski definition) is 5. The number of benzene rings is 1. The van der Waals surface area contributed by atoms with Gasteiger partial charge in [-0.2, -0.15) is 18.3 Å². The molecule has 1 amide bonds. The van der Waals surface area contributed by atoms with Crippen molar-refractivity contribution in [2.45, 2.75) is 19.5 Å². The largest absolute Gasteiger partial charge is 0.416 e. The quantitative estimate of drug-likeness (QED) is 0.381. The summed E-state index contributed by atoms with van der Waals surface area (Å²) < 4.78 is 38.6. The van der Waals surface area contributed by atoms with Crippen molar-refractivity contribution in [2.75, 3.05) is 11.1 Å².